The highest BCUT2D eigenvalue weighted by atomic mass is 32.2. The number of amides is 2. The van der Waals surface area contributed by atoms with Crippen molar-refractivity contribution in [2.45, 2.75) is 29.3 Å². The molecular weight excluding hydrogens is 426 g/mol. The van der Waals surface area contributed by atoms with Crippen molar-refractivity contribution in [3.05, 3.63) is 53.6 Å². The molecule has 0 spiro atoms. The first-order valence-corrected chi connectivity index (χ1v) is 11.8. The van der Waals surface area contributed by atoms with Crippen molar-refractivity contribution in [2.75, 3.05) is 44.9 Å². The van der Waals surface area contributed by atoms with Crippen molar-refractivity contribution in [2.24, 2.45) is 0 Å². The van der Waals surface area contributed by atoms with Crippen LogP contribution in [-0.2, 0) is 9.59 Å². The number of β-amino-alcohol motifs (C(OH)–C–C–N with tert-alkyl or cyclic N) is 1. The Morgan fingerprint density at radius 3 is 2.88 bits per heavy atom. The fourth-order valence-electron chi connectivity index (χ4n) is 4.55. The molecule has 8 heteroatoms. The Bertz CT molecular complexity index is 999. The van der Waals surface area contributed by atoms with E-state index in [0.717, 1.165) is 40.4 Å². The smallest absolute Gasteiger partial charge is 0.234 e. The van der Waals surface area contributed by atoms with E-state index in [0.29, 0.717) is 18.8 Å². The van der Waals surface area contributed by atoms with Gasteiger partial charge in [0.1, 0.15) is 5.75 Å². The predicted molar refractivity (Wildman–Crippen MR) is 125 cm³/mol. The maximum Gasteiger partial charge on any atom is 0.234 e. The van der Waals surface area contributed by atoms with E-state index in [1.807, 2.05) is 42.5 Å². The van der Waals surface area contributed by atoms with Gasteiger partial charge >= 0.3 is 0 Å². The molecule has 2 amide bonds. The van der Waals surface area contributed by atoms with Gasteiger partial charge in [-0.1, -0.05) is 18.2 Å². The van der Waals surface area contributed by atoms with Crippen LogP contribution in [-0.4, -0.2) is 67.5 Å². The third-order valence-electron chi connectivity index (χ3n) is 6.15. The molecular formula is C24H29N3O4S. The summed E-state index contributed by atoms with van der Waals surface area (Å²) in [4.78, 5) is 28.4. The molecule has 32 heavy (non-hydrogen) atoms. The Labute approximate surface area is 192 Å². The van der Waals surface area contributed by atoms with E-state index in [2.05, 4.69) is 15.5 Å². The van der Waals surface area contributed by atoms with Gasteiger partial charge in [-0.2, -0.15) is 0 Å². The number of carbonyl (C=O) groups excluding carboxylic acids is 2. The Morgan fingerprint density at radius 2 is 2.16 bits per heavy atom. The van der Waals surface area contributed by atoms with Crippen LogP contribution in [0.25, 0.3) is 0 Å². The van der Waals surface area contributed by atoms with Crippen LogP contribution in [0.2, 0.25) is 0 Å². The third kappa shape index (κ3) is 4.92. The Morgan fingerprint density at radius 1 is 1.31 bits per heavy atom. The van der Waals surface area contributed by atoms with Crippen LogP contribution < -0.4 is 15.4 Å². The highest BCUT2D eigenvalue weighted by Gasteiger charge is 2.34. The number of rotatable bonds is 7. The fourth-order valence-corrected chi connectivity index (χ4v) is 5.34. The van der Waals surface area contributed by atoms with Crippen LogP contribution in [0.3, 0.4) is 0 Å². The summed E-state index contributed by atoms with van der Waals surface area (Å²) < 4.78 is 5.45. The second-order valence-corrected chi connectivity index (χ2v) is 9.29. The molecule has 1 saturated heterocycles. The molecule has 3 N–H and O–H groups in total. The van der Waals surface area contributed by atoms with Gasteiger partial charge in [0.05, 0.1) is 30.6 Å². The van der Waals surface area contributed by atoms with E-state index in [-0.39, 0.29) is 23.8 Å². The van der Waals surface area contributed by atoms with Gasteiger partial charge in [-0.25, -0.2) is 0 Å². The van der Waals surface area contributed by atoms with E-state index in [1.54, 1.807) is 14.2 Å². The summed E-state index contributed by atoms with van der Waals surface area (Å²) in [6.45, 7) is 2.01. The molecule has 0 saturated carbocycles. The zero-order valence-corrected chi connectivity index (χ0v) is 19.2. The van der Waals surface area contributed by atoms with Crippen LogP contribution in [0.1, 0.15) is 29.4 Å². The topological polar surface area (TPSA) is 90.9 Å². The van der Waals surface area contributed by atoms with Gasteiger partial charge in [-0.15, -0.1) is 11.8 Å². The molecule has 7 nitrogen and oxygen atoms in total. The number of likely N-dealkylation sites (tertiary alicyclic amines) is 1. The molecule has 0 aromatic heterocycles. The lowest BCUT2D eigenvalue weighted by atomic mass is 9.80. The van der Waals surface area contributed by atoms with Crippen molar-refractivity contribution in [3.8, 4) is 5.75 Å². The highest BCUT2D eigenvalue weighted by Crippen LogP contribution is 2.40. The molecule has 3 atom stereocenters. The molecule has 2 aromatic rings. The third-order valence-corrected chi connectivity index (χ3v) is 7.22. The lowest BCUT2D eigenvalue weighted by Crippen LogP contribution is -2.36. The number of methoxy groups -OCH3 is 1. The first-order valence-electron chi connectivity index (χ1n) is 10.8. The summed E-state index contributed by atoms with van der Waals surface area (Å²) in [5, 5.41) is 15.8. The molecule has 2 aliphatic rings. The normalized spacial score (nSPS) is 20.2. The monoisotopic (exact) mass is 455 g/mol. The lowest BCUT2D eigenvalue weighted by molar-refractivity contribution is -0.122. The number of hydrogen-bond acceptors (Lipinski definition) is 6. The minimum atomic E-state index is -0.473. The van der Waals surface area contributed by atoms with Gasteiger partial charge in [0.2, 0.25) is 11.8 Å². The largest absolute Gasteiger partial charge is 0.497 e. The fraction of sp³-hybridized carbons (Fsp3) is 0.417. The zero-order chi connectivity index (χ0) is 22.7. The van der Waals surface area contributed by atoms with Gasteiger partial charge in [0.25, 0.3) is 0 Å². The standard InChI is InChI=1S/C24H29N3O4S/c1-25-24(30)23(16-6-7-21-20(11-16)26-22(29)14-32-21)19(13-27-9-8-17(28)12-27)15-4-3-5-18(10-15)31-2/h3-7,10-11,17,19,23,28H,8-9,12-14H2,1-2H3,(H,25,30)(H,26,29)/t17-,19+,23?/m0/s1. The zero-order valence-electron chi connectivity index (χ0n) is 18.3. The van der Waals surface area contributed by atoms with Gasteiger partial charge in [0.15, 0.2) is 0 Å². The van der Waals surface area contributed by atoms with Crippen molar-refractivity contribution in [1.29, 1.82) is 0 Å². The van der Waals surface area contributed by atoms with Crippen LogP contribution >= 0.6 is 11.8 Å². The van der Waals surface area contributed by atoms with Crippen LogP contribution in [0, 0.1) is 0 Å². The molecule has 4 rings (SSSR count). The SMILES string of the molecule is CNC(=O)C(c1ccc2c(c1)NC(=O)CS2)[C@H](CN1CC[C@H](O)C1)c1cccc(OC)c1. The van der Waals surface area contributed by atoms with E-state index in [1.165, 1.54) is 11.8 Å². The minimum Gasteiger partial charge on any atom is -0.497 e. The molecule has 0 radical (unpaired) electrons. The average Bonchev–Trinajstić information content (AvgIpc) is 3.22. The number of benzene rings is 2. The number of ether oxygens (including phenoxy) is 1. The van der Waals surface area contributed by atoms with Gasteiger partial charge in [0, 0.05) is 37.5 Å². The molecule has 2 aliphatic heterocycles. The summed E-state index contributed by atoms with van der Waals surface area (Å²) in [5.41, 5.74) is 2.59. The first kappa shape index (κ1) is 22.6. The maximum absolute atomic E-state index is 13.2. The quantitative estimate of drug-likeness (QED) is 0.594. The van der Waals surface area contributed by atoms with Crippen LogP contribution in [0.15, 0.2) is 47.4 Å². The number of fused-ring (bicyclic) bond motifs is 1. The minimum absolute atomic E-state index is 0.0356. The van der Waals surface area contributed by atoms with E-state index >= 15 is 0 Å². The Kier molecular flexibility index (Phi) is 7.03. The van der Waals surface area contributed by atoms with Crippen molar-refractivity contribution in [1.82, 2.24) is 10.2 Å². The molecule has 0 bridgehead atoms. The Balaban J connectivity index is 1.76. The molecule has 170 valence electrons. The highest BCUT2D eigenvalue weighted by molar-refractivity contribution is 8.00. The number of anilines is 1. The molecule has 1 unspecified atom stereocenters. The van der Waals surface area contributed by atoms with Gasteiger partial charge < -0.3 is 25.4 Å². The van der Waals surface area contributed by atoms with Crippen LogP contribution in [0.4, 0.5) is 5.69 Å². The van der Waals surface area contributed by atoms with Crippen molar-refractivity contribution < 1.29 is 19.4 Å². The summed E-state index contributed by atoms with van der Waals surface area (Å²) in [6.07, 6.45) is 0.396. The number of carbonyl (C=O) groups is 2. The Hall–Kier alpha value is -2.55. The van der Waals surface area contributed by atoms with Crippen molar-refractivity contribution in [3.63, 3.8) is 0 Å². The second-order valence-electron chi connectivity index (χ2n) is 8.27. The van der Waals surface area contributed by atoms with Gasteiger partial charge in [-0.05, 0) is 41.8 Å². The average molecular weight is 456 g/mol. The number of nitrogens with one attached hydrogen (secondary N) is 2. The summed E-state index contributed by atoms with van der Waals surface area (Å²) in [6, 6.07) is 13.7. The van der Waals surface area contributed by atoms with Gasteiger partial charge in [-0.3, -0.25) is 9.59 Å². The number of hydrogen-bond donors (Lipinski definition) is 3. The van der Waals surface area contributed by atoms with Crippen molar-refractivity contribution >= 4 is 29.3 Å². The molecule has 1 fully saturated rings. The van der Waals surface area contributed by atoms with E-state index < -0.39 is 5.92 Å². The number of thioether (sulfide) groups is 1. The number of aliphatic hydroxyl groups is 1. The second kappa shape index (κ2) is 9.94. The maximum atomic E-state index is 13.2. The molecule has 0 aliphatic carbocycles. The molecule has 2 heterocycles. The number of aliphatic hydroxyl groups excluding tert-OH is 1. The van der Waals surface area contributed by atoms with E-state index in [4.69, 9.17) is 4.74 Å². The van der Waals surface area contributed by atoms with E-state index in [9.17, 15) is 14.7 Å². The van der Waals surface area contributed by atoms with Crippen LogP contribution in [0.5, 0.6) is 5.75 Å². The summed E-state index contributed by atoms with van der Waals surface area (Å²) in [7, 11) is 3.28. The predicted octanol–water partition coefficient (Wildman–Crippen LogP) is 2.42. The summed E-state index contributed by atoms with van der Waals surface area (Å²) >= 11 is 1.50. The molecule has 2 aromatic carbocycles. The lowest BCUT2D eigenvalue weighted by Gasteiger charge is -2.31. The first-order chi connectivity index (χ1) is 15.5. The number of nitrogens with zero attached hydrogens (tertiary/aromatic N) is 1. The summed E-state index contributed by atoms with van der Waals surface area (Å²) in [5.74, 6) is 0.367. The number of likely N-dealkylation sites (N-methyl/N-ethyl adjacent to an activating group) is 1.